The number of carbonyl (C=O) groups excluding carboxylic acids is 1. The minimum absolute atomic E-state index is 0.137. The van der Waals surface area contributed by atoms with Crippen molar-refractivity contribution in [3.05, 3.63) is 53.9 Å². The fraction of sp³-hybridized carbons (Fsp3) is 0.235. The van der Waals surface area contributed by atoms with Gasteiger partial charge in [0, 0.05) is 0 Å². The van der Waals surface area contributed by atoms with Crippen molar-refractivity contribution in [1.82, 2.24) is 20.2 Å². The molecule has 142 valence electrons. The highest BCUT2D eigenvalue weighted by Crippen LogP contribution is 2.29. The molecule has 3 rings (SSSR count). The second kappa shape index (κ2) is 7.47. The molecule has 1 heterocycles. The van der Waals surface area contributed by atoms with Crippen molar-refractivity contribution in [2.24, 2.45) is 0 Å². The molecule has 1 amide bonds. The molecule has 27 heavy (non-hydrogen) atoms. The molecule has 0 saturated carbocycles. The molecule has 0 aliphatic rings. The molecule has 3 aromatic rings. The number of hydrogen-bond acceptors (Lipinski definition) is 5. The van der Waals surface area contributed by atoms with E-state index in [0.717, 1.165) is 28.1 Å². The maximum Gasteiger partial charge on any atom is 0.453 e. The van der Waals surface area contributed by atoms with E-state index in [0.29, 0.717) is 4.68 Å². The Morgan fingerprint density at radius 2 is 1.93 bits per heavy atom. The first-order valence-corrected chi connectivity index (χ1v) is 8.93. The minimum Gasteiger partial charge on any atom is -0.349 e. The van der Waals surface area contributed by atoms with E-state index in [-0.39, 0.29) is 22.9 Å². The van der Waals surface area contributed by atoms with Crippen molar-refractivity contribution in [3.63, 3.8) is 0 Å². The minimum atomic E-state index is -4.70. The van der Waals surface area contributed by atoms with Gasteiger partial charge in [0.05, 0.1) is 11.8 Å². The number of halogens is 3. The number of alkyl halides is 3. The predicted octanol–water partition coefficient (Wildman–Crippen LogP) is 3.13. The van der Waals surface area contributed by atoms with Gasteiger partial charge in [-0.1, -0.05) is 54.2 Å². The maximum atomic E-state index is 12.7. The Kier molecular flexibility index (Phi) is 5.26. The van der Waals surface area contributed by atoms with Crippen LogP contribution < -0.4 is 11.2 Å². The lowest BCUT2D eigenvalue weighted by Gasteiger charge is -2.16. The van der Waals surface area contributed by atoms with Crippen LogP contribution >= 0.6 is 11.8 Å². The SMILES string of the molecule is CC(NC(=O)CSc1nnc(C(F)(F)F)n1N)c1cccc2ccccc12. The maximum absolute atomic E-state index is 12.7. The first-order chi connectivity index (χ1) is 12.8. The molecule has 2 aromatic carbocycles. The predicted molar refractivity (Wildman–Crippen MR) is 96.4 cm³/mol. The number of nitrogens with one attached hydrogen (secondary N) is 1. The number of carbonyl (C=O) groups is 1. The Hall–Kier alpha value is -2.75. The molecule has 0 saturated heterocycles. The third-order valence-corrected chi connectivity index (χ3v) is 4.86. The van der Waals surface area contributed by atoms with E-state index in [4.69, 9.17) is 5.84 Å². The van der Waals surface area contributed by atoms with E-state index in [2.05, 4.69) is 15.5 Å². The van der Waals surface area contributed by atoms with Crippen LogP contribution in [-0.2, 0) is 11.0 Å². The van der Waals surface area contributed by atoms with Crippen LogP contribution in [0, 0.1) is 0 Å². The third kappa shape index (κ3) is 4.16. The van der Waals surface area contributed by atoms with Gasteiger partial charge in [0.2, 0.25) is 11.1 Å². The van der Waals surface area contributed by atoms with Crippen LogP contribution in [0.3, 0.4) is 0 Å². The van der Waals surface area contributed by atoms with Gasteiger partial charge in [0.15, 0.2) is 0 Å². The van der Waals surface area contributed by atoms with Gasteiger partial charge in [-0.05, 0) is 23.3 Å². The standard InChI is InChI=1S/C17H16F3N5OS/c1-10(12-8-4-6-11-5-2-3-7-13(11)12)22-14(26)9-27-16-24-23-15(25(16)21)17(18,19)20/h2-8,10H,9,21H2,1H3,(H,22,26). The van der Waals surface area contributed by atoms with Crippen LogP contribution in [0.4, 0.5) is 13.2 Å². The van der Waals surface area contributed by atoms with E-state index >= 15 is 0 Å². The number of hydrogen-bond donors (Lipinski definition) is 2. The van der Waals surface area contributed by atoms with Gasteiger partial charge >= 0.3 is 6.18 Å². The number of fused-ring (bicyclic) bond motifs is 1. The number of thioether (sulfide) groups is 1. The fourth-order valence-corrected chi connectivity index (χ4v) is 3.36. The lowest BCUT2D eigenvalue weighted by molar-refractivity contribution is -0.146. The lowest BCUT2D eigenvalue weighted by Crippen LogP contribution is -2.28. The van der Waals surface area contributed by atoms with Gasteiger partial charge < -0.3 is 11.2 Å². The molecular formula is C17H16F3N5OS. The van der Waals surface area contributed by atoms with Crippen molar-refractivity contribution in [1.29, 1.82) is 0 Å². The van der Waals surface area contributed by atoms with Crippen molar-refractivity contribution < 1.29 is 18.0 Å². The van der Waals surface area contributed by atoms with Crippen LogP contribution in [0.25, 0.3) is 10.8 Å². The van der Waals surface area contributed by atoms with Crippen LogP contribution in [0.2, 0.25) is 0 Å². The second-order valence-electron chi connectivity index (χ2n) is 5.82. The number of nitrogens with two attached hydrogens (primary N) is 1. The van der Waals surface area contributed by atoms with Crippen LogP contribution in [0.5, 0.6) is 0 Å². The summed E-state index contributed by atoms with van der Waals surface area (Å²) in [4.78, 5) is 12.2. The summed E-state index contributed by atoms with van der Waals surface area (Å²) in [7, 11) is 0. The Labute approximate surface area is 156 Å². The fourth-order valence-electron chi connectivity index (χ4n) is 2.69. The molecule has 0 bridgehead atoms. The Balaban J connectivity index is 1.65. The number of amides is 1. The smallest absolute Gasteiger partial charge is 0.349 e. The molecule has 0 radical (unpaired) electrons. The summed E-state index contributed by atoms with van der Waals surface area (Å²) >= 11 is 0.785. The molecule has 10 heteroatoms. The largest absolute Gasteiger partial charge is 0.453 e. The molecule has 1 atom stereocenters. The molecular weight excluding hydrogens is 379 g/mol. The van der Waals surface area contributed by atoms with Gasteiger partial charge in [-0.3, -0.25) is 4.79 Å². The molecule has 1 aromatic heterocycles. The average molecular weight is 395 g/mol. The highest BCUT2D eigenvalue weighted by atomic mass is 32.2. The van der Waals surface area contributed by atoms with Crippen molar-refractivity contribution in [2.45, 2.75) is 24.3 Å². The molecule has 0 aliphatic heterocycles. The average Bonchev–Trinajstić information content (AvgIpc) is 3.00. The van der Waals surface area contributed by atoms with Crippen molar-refractivity contribution >= 4 is 28.4 Å². The van der Waals surface area contributed by atoms with E-state index in [1.165, 1.54) is 0 Å². The molecule has 1 unspecified atom stereocenters. The summed E-state index contributed by atoms with van der Waals surface area (Å²) in [5.74, 6) is 3.55. The van der Waals surface area contributed by atoms with Gasteiger partial charge in [0.1, 0.15) is 0 Å². The number of benzene rings is 2. The summed E-state index contributed by atoms with van der Waals surface area (Å²) in [5, 5.41) is 11.1. The van der Waals surface area contributed by atoms with Gasteiger partial charge in [0.25, 0.3) is 5.82 Å². The topological polar surface area (TPSA) is 85.8 Å². The quantitative estimate of drug-likeness (QED) is 0.512. The molecule has 0 fully saturated rings. The zero-order valence-electron chi connectivity index (χ0n) is 14.2. The van der Waals surface area contributed by atoms with Crippen LogP contribution in [0.15, 0.2) is 47.6 Å². The monoisotopic (exact) mass is 395 g/mol. The molecule has 6 nitrogen and oxygen atoms in total. The number of nitrogens with zero attached hydrogens (tertiary/aromatic N) is 3. The summed E-state index contributed by atoms with van der Waals surface area (Å²) in [6, 6.07) is 13.3. The van der Waals surface area contributed by atoms with Crippen molar-refractivity contribution in [3.8, 4) is 0 Å². The third-order valence-electron chi connectivity index (χ3n) is 3.92. The second-order valence-corrected chi connectivity index (χ2v) is 6.76. The highest BCUT2D eigenvalue weighted by molar-refractivity contribution is 7.99. The summed E-state index contributed by atoms with van der Waals surface area (Å²) < 4.78 is 38.3. The summed E-state index contributed by atoms with van der Waals surface area (Å²) in [6.45, 7) is 1.84. The Bertz CT molecular complexity index is 967. The van der Waals surface area contributed by atoms with Gasteiger partial charge in [-0.15, -0.1) is 10.2 Å². The van der Waals surface area contributed by atoms with Gasteiger partial charge in [-0.2, -0.15) is 13.2 Å². The Morgan fingerprint density at radius 3 is 2.63 bits per heavy atom. The van der Waals surface area contributed by atoms with Crippen LogP contribution in [-0.4, -0.2) is 26.5 Å². The molecule has 0 aliphatic carbocycles. The number of nitrogen functional groups attached to an aromatic ring is 1. The molecule has 3 N–H and O–H groups in total. The van der Waals surface area contributed by atoms with Crippen molar-refractivity contribution in [2.75, 3.05) is 11.6 Å². The van der Waals surface area contributed by atoms with E-state index in [9.17, 15) is 18.0 Å². The zero-order chi connectivity index (χ0) is 19.6. The Morgan fingerprint density at radius 1 is 1.22 bits per heavy atom. The van der Waals surface area contributed by atoms with E-state index in [1.54, 1.807) is 0 Å². The highest BCUT2D eigenvalue weighted by Gasteiger charge is 2.38. The first kappa shape index (κ1) is 19.0. The van der Waals surface area contributed by atoms with Gasteiger partial charge in [-0.25, -0.2) is 4.68 Å². The summed E-state index contributed by atoms with van der Waals surface area (Å²) in [6.07, 6.45) is -4.70. The zero-order valence-corrected chi connectivity index (χ0v) is 15.0. The van der Waals surface area contributed by atoms with E-state index in [1.807, 2.05) is 49.4 Å². The van der Waals surface area contributed by atoms with E-state index < -0.39 is 12.0 Å². The normalized spacial score (nSPS) is 12.9. The number of rotatable bonds is 5. The first-order valence-electron chi connectivity index (χ1n) is 7.95. The molecule has 0 spiro atoms. The van der Waals surface area contributed by atoms with Crippen LogP contribution in [0.1, 0.15) is 24.4 Å². The number of aromatic nitrogens is 3. The summed E-state index contributed by atoms with van der Waals surface area (Å²) in [5.41, 5.74) is 0.952. The lowest BCUT2D eigenvalue weighted by atomic mass is 10.00.